The first-order valence-corrected chi connectivity index (χ1v) is 11.1. The molecule has 0 fully saturated rings. The second-order valence-electron chi connectivity index (χ2n) is 7.87. The molecule has 0 aliphatic rings. The van der Waals surface area contributed by atoms with Gasteiger partial charge in [0.2, 0.25) is 0 Å². The number of carbonyl (C=O) groups excluding carboxylic acids is 2. The van der Waals surface area contributed by atoms with Crippen molar-refractivity contribution >= 4 is 22.8 Å². The van der Waals surface area contributed by atoms with E-state index < -0.39 is 18.5 Å². The maximum atomic E-state index is 12.5. The Labute approximate surface area is 197 Å². The van der Waals surface area contributed by atoms with Crippen LogP contribution in [0.15, 0.2) is 96.1 Å². The van der Waals surface area contributed by atoms with Crippen molar-refractivity contribution in [2.24, 2.45) is 0 Å². The summed E-state index contributed by atoms with van der Waals surface area (Å²) in [6, 6.07) is 27.1. The Kier molecular flexibility index (Phi) is 7.45. The fraction of sp³-hybridized carbons (Fsp3) is 0.185. The number of aromatic nitrogens is 2. The van der Waals surface area contributed by atoms with Gasteiger partial charge in [0, 0.05) is 12.5 Å². The summed E-state index contributed by atoms with van der Waals surface area (Å²) in [7, 11) is 0. The third kappa shape index (κ3) is 5.75. The zero-order valence-corrected chi connectivity index (χ0v) is 18.6. The second-order valence-corrected chi connectivity index (χ2v) is 7.87. The van der Waals surface area contributed by atoms with Crippen molar-refractivity contribution in [1.29, 1.82) is 0 Å². The summed E-state index contributed by atoms with van der Waals surface area (Å²) in [4.78, 5) is 41.0. The number of rotatable bonds is 9. The number of benzene rings is 3. The van der Waals surface area contributed by atoms with Crippen LogP contribution >= 0.6 is 0 Å². The molecule has 1 heterocycles. The molecule has 1 N–H and O–H groups in total. The van der Waals surface area contributed by atoms with E-state index in [0.717, 1.165) is 0 Å². The fourth-order valence-corrected chi connectivity index (χ4v) is 3.85. The number of hydrogen-bond donors (Lipinski definition) is 1. The minimum atomic E-state index is -0.680. The van der Waals surface area contributed by atoms with Crippen LogP contribution in [0.2, 0.25) is 0 Å². The van der Waals surface area contributed by atoms with Crippen LogP contribution in [0.25, 0.3) is 10.9 Å². The van der Waals surface area contributed by atoms with E-state index >= 15 is 0 Å². The van der Waals surface area contributed by atoms with E-state index in [0.29, 0.717) is 23.9 Å². The van der Waals surface area contributed by atoms with E-state index in [-0.39, 0.29) is 18.0 Å². The van der Waals surface area contributed by atoms with Gasteiger partial charge in [-0.15, -0.1) is 0 Å². The SMILES string of the molecule is O=C(COC(=O)Cn1cnc2ccccc2c1=O)NCCC(c1ccccc1)c1ccccc1. The first-order chi connectivity index (χ1) is 16.6. The van der Waals surface area contributed by atoms with Crippen molar-refractivity contribution in [2.45, 2.75) is 18.9 Å². The van der Waals surface area contributed by atoms with E-state index in [9.17, 15) is 14.4 Å². The number of ether oxygens (including phenoxy) is 1. The molecule has 0 aliphatic heterocycles. The molecular weight excluding hydrogens is 430 g/mol. The monoisotopic (exact) mass is 455 g/mol. The highest BCUT2D eigenvalue weighted by atomic mass is 16.5. The van der Waals surface area contributed by atoms with Crippen LogP contribution in [0.3, 0.4) is 0 Å². The Morgan fingerprint density at radius 2 is 1.50 bits per heavy atom. The molecule has 0 unspecified atom stereocenters. The van der Waals surface area contributed by atoms with Gasteiger partial charge in [-0.05, 0) is 29.7 Å². The van der Waals surface area contributed by atoms with Gasteiger partial charge in [0.25, 0.3) is 11.5 Å². The maximum Gasteiger partial charge on any atom is 0.326 e. The van der Waals surface area contributed by atoms with Crippen molar-refractivity contribution < 1.29 is 14.3 Å². The van der Waals surface area contributed by atoms with Crippen molar-refractivity contribution in [2.75, 3.05) is 13.2 Å². The first-order valence-electron chi connectivity index (χ1n) is 11.1. The highest BCUT2D eigenvalue weighted by molar-refractivity contribution is 5.81. The van der Waals surface area contributed by atoms with Gasteiger partial charge in [0.1, 0.15) is 6.54 Å². The Hall–Kier alpha value is -4.26. The molecule has 0 aliphatic carbocycles. The number of esters is 1. The minimum absolute atomic E-state index is 0.137. The lowest BCUT2D eigenvalue weighted by molar-refractivity contribution is -0.149. The van der Waals surface area contributed by atoms with Crippen LogP contribution < -0.4 is 10.9 Å². The van der Waals surface area contributed by atoms with Gasteiger partial charge in [0.05, 0.1) is 17.2 Å². The molecule has 0 saturated carbocycles. The number of nitrogens with zero attached hydrogens (tertiary/aromatic N) is 2. The lowest BCUT2D eigenvalue weighted by Gasteiger charge is -2.18. The summed E-state index contributed by atoms with van der Waals surface area (Å²) in [5, 5.41) is 3.23. The number of nitrogens with one attached hydrogen (secondary N) is 1. The van der Waals surface area contributed by atoms with Crippen LogP contribution in [0.5, 0.6) is 0 Å². The molecule has 0 bridgehead atoms. The van der Waals surface area contributed by atoms with Gasteiger partial charge >= 0.3 is 5.97 Å². The average molecular weight is 456 g/mol. The van der Waals surface area contributed by atoms with E-state index in [1.54, 1.807) is 24.3 Å². The maximum absolute atomic E-state index is 12.5. The summed E-state index contributed by atoms with van der Waals surface area (Å²) in [6.07, 6.45) is 2.01. The second kappa shape index (κ2) is 11.0. The largest absolute Gasteiger partial charge is 0.454 e. The zero-order valence-electron chi connectivity index (χ0n) is 18.6. The number of fused-ring (bicyclic) bond motifs is 1. The Morgan fingerprint density at radius 3 is 2.18 bits per heavy atom. The molecule has 4 rings (SSSR count). The lowest BCUT2D eigenvalue weighted by Crippen LogP contribution is -2.32. The Bertz CT molecular complexity index is 1280. The number of carbonyl (C=O) groups is 2. The number of amides is 1. The van der Waals surface area contributed by atoms with Crippen LogP contribution in [-0.2, 0) is 20.9 Å². The van der Waals surface area contributed by atoms with E-state index in [4.69, 9.17) is 4.74 Å². The third-order valence-electron chi connectivity index (χ3n) is 5.55. The summed E-state index contributed by atoms with van der Waals surface area (Å²) < 4.78 is 6.24. The predicted octanol–water partition coefficient (Wildman–Crippen LogP) is 3.28. The predicted molar refractivity (Wildman–Crippen MR) is 129 cm³/mol. The summed E-state index contributed by atoms with van der Waals surface area (Å²) in [5.74, 6) is -0.935. The van der Waals surface area contributed by atoms with Gasteiger partial charge < -0.3 is 10.1 Å². The summed E-state index contributed by atoms with van der Waals surface area (Å²) >= 11 is 0. The Morgan fingerprint density at radius 1 is 0.882 bits per heavy atom. The van der Waals surface area contributed by atoms with E-state index in [1.807, 2.05) is 36.4 Å². The molecule has 0 radical (unpaired) electrons. The van der Waals surface area contributed by atoms with Crippen molar-refractivity contribution in [3.63, 3.8) is 0 Å². The normalized spacial score (nSPS) is 10.9. The fourth-order valence-electron chi connectivity index (χ4n) is 3.85. The molecule has 34 heavy (non-hydrogen) atoms. The van der Waals surface area contributed by atoms with Gasteiger partial charge in [-0.1, -0.05) is 72.8 Å². The molecule has 172 valence electrons. The molecule has 4 aromatic rings. The molecular formula is C27H25N3O4. The standard InChI is InChI=1S/C27H25N3O4/c31-25(18-34-26(32)17-30-19-29-24-14-8-7-13-23(24)27(30)33)28-16-15-22(20-9-3-1-4-10-20)21-11-5-2-6-12-21/h1-14,19,22H,15-18H2,(H,28,31). The lowest BCUT2D eigenvalue weighted by atomic mass is 9.88. The van der Waals surface area contributed by atoms with Crippen molar-refractivity contribution in [3.8, 4) is 0 Å². The van der Waals surface area contributed by atoms with Crippen LogP contribution in [0, 0.1) is 0 Å². The third-order valence-corrected chi connectivity index (χ3v) is 5.55. The van der Waals surface area contributed by atoms with Crippen molar-refractivity contribution in [3.05, 3.63) is 113 Å². The molecule has 7 heteroatoms. The van der Waals surface area contributed by atoms with Crippen LogP contribution in [-0.4, -0.2) is 34.6 Å². The van der Waals surface area contributed by atoms with Gasteiger partial charge in [-0.3, -0.25) is 19.0 Å². The molecule has 0 saturated heterocycles. The Balaban J connectivity index is 1.28. The summed E-state index contributed by atoms with van der Waals surface area (Å²) in [5.41, 5.74) is 2.56. The average Bonchev–Trinajstić information content (AvgIpc) is 2.88. The highest BCUT2D eigenvalue weighted by Crippen LogP contribution is 2.27. The van der Waals surface area contributed by atoms with E-state index in [1.165, 1.54) is 22.0 Å². The van der Waals surface area contributed by atoms with Crippen LogP contribution in [0.4, 0.5) is 0 Å². The summed E-state index contributed by atoms with van der Waals surface area (Å²) in [6.45, 7) is -0.289. The first kappa shape index (κ1) is 22.9. The molecule has 7 nitrogen and oxygen atoms in total. The number of hydrogen-bond acceptors (Lipinski definition) is 5. The van der Waals surface area contributed by atoms with Gasteiger partial charge in [-0.2, -0.15) is 0 Å². The molecule has 1 amide bonds. The molecule has 0 spiro atoms. The molecule has 1 aromatic heterocycles. The topological polar surface area (TPSA) is 90.3 Å². The van der Waals surface area contributed by atoms with E-state index in [2.05, 4.69) is 34.6 Å². The quantitative estimate of drug-likeness (QED) is 0.391. The number of para-hydroxylation sites is 1. The smallest absolute Gasteiger partial charge is 0.326 e. The highest BCUT2D eigenvalue weighted by Gasteiger charge is 2.15. The van der Waals surface area contributed by atoms with Crippen LogP contribution in [0.1, 0.15) is 23.5 Å². The molecule has 3 aromatic carbocycles. The minimum Gasteiger partial charge on any atom is -0.454 e. The zero-order chi connectivity index (χ0) is 23.8. The molecule has 0 atom stereocenters. The van der Waals surface area contributed by atoms with Crippen molar-refractivity contribution in [1.82, 2.24) is 14.9 Å². The van der Waals surface area contributed by atoms with Gasteiger partial charge in [-0.25, -0.2) is 4.98 Å². The van der Waals surface area contributed by atoms with Gasteiger partial charge in [0.15, 0.2) is 6.61 Å².